The van der Waals surface area contributed by atoms with Gasteiger partial charge in [0.15, 0.2) is 11.6 Å². The van der Waals surface area contributed by atoms with Gasteiger partial charge in [-0.15, -0.1) is 0 Å². The fourth-order valence-corrected chi connectivity index (χ4v) is 2.40. The van der Waals surface area contributed by atoms with E-state index in [1.807, 2.05) is 0 Å². The summed E-state index contributed by atoms with van der Waals surface area (Å²) in [6.07, 6.45) is 1.88. The van der Waals surface area contributed by atoms with Crippen molar-refractivity contribution < 1.29 is 17.6 Å². The predicted molar refractivity (Wildman–Crippen MR) is 71.8 cm³/mol. The third-order valence-electron chi connectivity index (χ3n) is 3.63. The molecule has 1 saturated carbocycles. The lowest BCUT2D eigenvalue weighted by Gasteiger charge is -2.20. The van der Waals surface area contributed by atoms with Crippen molar-refractivity contribution in [2.24, 2.45) is 5.92 Å². The van der Waals surface area contributed by atoms with Gasteiger partial charge in [0.2, 0.25) is 0 Å². The van der Waals surface area contributed by atoms with E-state index >= 15 is 0 Å². The summed E-state index contributed by atoms with van der Waals surface area (Å²) in [4.78, 5) is 0. The average Bonchev–Trinajstić information content (AvgIpc) is 3.27. The molecule has 1 aliphatic carbocycles. The lowest BCUT2D eigenvalue weighted by atomic mass is 10.0. The highest BCUT2D eigenvalue weighted by Gasteiger charge is 2.33. The highest BCUT2D eigenvalue weighted by atomic mass is 19.2. The van der Waals surface area contributed by atoms with Crippen LogP contribution in [-0.2, 0) is 0 Å². The molecule has 1 nitrogen and oxygen atoms in total. The molecule has 1 aliphatic rings. The molecule has 2 aromatic carbocycles. The maximum atomic E-state index is 13.7. The van der Waals surface area contributed by atoms with E-state index in [-0.39, 0.29) is 23.5 Å². The molecule has 2 aromatic rings. The second-order valence-corrected chi connectivity index (χ2v) is 5.26. The molecule has 110 valence electrons. The Labute approximate surface area is 119 Å². The molecule has 5 heteroatoms. The maximum Gasteiger partial charge on any atom is 0.182 e. The molecule has 1 atom stereocenters. The van der Waals surface area contributed by atoms with Crippen molar-refractivity contribution in [1.82, 2.24) is 0 Å². The number of benzene rings is 2. The summed E-state index contributed by atoms with van der Waals surface area (Å²) in [6, 6.07) is 6.96. The van der Waals surface area contributed by atoms with Gasteiger partial charge in [0.05, 0.1) is 11.7 Å². The van der Waals surface area contributed by atoms with Crippen LogP contribution in [0.4, 0.5) is 23.2 Å². The normalized spacial score (nSPS) is 15.8. The molecule has 21 heavy (non-hydrogen) atoms. The van der Waals surface area contributed by atoms with E-state index in [1.165, 1.54) is 12.1 Å². The molecule has 3 rings (SSSR count). The smallest absolute Gasteiger partial charge is 0.182 e. The number of hydrogen-bond donors (Lipinski definition) is 1. The number of hydrogen-bond acceptors (Lipinski definition) is 1. The van der Waals surface area contributed by atoms with E-state index in [4.69, 9.17) is 0 Å². The van der Waals surface area contributed by atoms with E-state index in [9.17, 15) is 17.6 Å². The third-order valence-corrected chi connectivity index (χ3v) is 3.63. The fraction of sp³-hybridized carbons (Fsp3) is 0.250. The monoisotopic (exact) mass is 295 g/mol. The highest BCUT2D eigenvalue weighted by Crippen LogP contribution is 2.43. The zero-order chi connectivity index (χ0) is 15.0. The van der Waals surface area contributed by atoms with E-state index in [1.54, 1.807) is 12.1 Å². The van der Waals surface area contributed by atoms with Gasteiger partial charge in [0.1, 0.15) is 11.6 Å². The van der Waals surface area contributed by atoms with Crippen molar-refractivity contribution in [2.75, 3.05) is 5.32 Å². The Kier molecular flexibility index (Phi) is 3.57. The Morgan fingerprint density at radius 3 is 2.19 bits per heavy atom. The molecule has 0 aliphatic heterocycles. The van der Waals surface area contributed by atoms with Crippen LogP contribution >= 0.6 is 0 Å². The summed E-state index contributed by atoms with van der Waals surface area (Å²) >= 11 is 0. The summed E-state index contributed by atoms with van der Waals surface area (Å²) in [6.45, 7) is 0. The van der Waals surface area contributed by atoms with Gasteiger partial charge in [-0.25, -0.2) is 17.6 Å². The molecule has 1 unspecified atom stereocenters. The lowest BCUT2D eigenvalue weighted by Crippen LogP contribution is -2.14. The van der Waals surface area contributed by atoms with E-state index < -0.39 is 17.5 Å². The van der Waals surface area contributed by atoms with E-state index in [0.29, 0.717) is 6.07 Å². The summed E-state index contributed by atoms with van der Waals surface area (Å²) in [5.74, 6) is -3.29. The molecule has 0 saturated heterocycles. The highest BCUT2D eigenvalue weighted by molar-refractivity contribution is 5.48. The summed E-state index contributed by atoms with van der Waals surface area (Å²) in [5.41, 5.74) is 0.552. The second-order valence-electron chi connectivity index (χ2n) is 5.26. The molecule has 0 spiro atoms. The van der Waals surface area contributed by atoms with Gasteiger partial charge in [0, 0.05) is 12.1 Å². The zero-order valence-corrected chi connectivity index (χ0v) is 11.0. The first-order chi connectivity index (χ1) is 10.0. The molecule has 0 aromatic heterocycles. The van der Waals surface area contributed by atoms with Crippen LogP contribution in [0.3, 0.4) is 0 Å². The maximum absolute atomic E-state index is 13.7. The first kappa shape index (κ1) is 13.9. The second kappa shape index (κ2) is 5.39. The number of nitrogens with one attached hydrogen (secondary N) is 1. The topological polar surface area (TPSA) is 12.0 Å². The minimum Gasteiger partial charge on any atom is -0.375 e. The quantitative estimate of drug-likeness (QED) is 0.630. The molecule has 0 bridgehead atoms. The standard InChI is InChI=1S/C16H13F4N/c17-11-5-3-10(4-6-11)16(9-1-2-9)21-14-8-12(18)7-13(19)15(14)20/h3-9,16,21H,1-2H2. The first-order valence-electron chi connectivity index (χ1n) is 6.71. The van der Waals surface area contributed by atoms with Crippen molar-refractivity contribution in [2.45, 2.75) is 18.9 Å². The molecular formula is C16H13F4N. The first-order valence-corrected chi connectivity index (χ1v) is 6.71. The van der Waals surface area contributed by atoms with Gasteiger partial charge < -0.3 is 5.32 Å². The zero-order valence-electron chi connectivity index (χ0n) is 11.0. The SMILES string of the molecule is Fc1ccc(C(Nc2cc(F)cc(F)c2F)C2CC2)cc1. The van der Waals surface area contributed by atoms with Crippen molar-refractivity contribution in [3.8, 4) is 0 Å². The van der Waals surface area contributed by atoms with Crippen LogP contribution in [0, 0.1) is 29.2 Å². The Balaban J connectivity index is 1.91. The predicted octanol–water partition coefficient (Wildman–Crippen LogP) is 4.81. The van der Waals surface area contributed by atoms with E-state index in [0.717, 1.165) is 24.5 Å². The van der Waals surface area contributed by atoms with Gasteiger partial charge in [0.25, 0.3) is 0 Å². The fourth-order valence-electron chi connectivity index (χ4n) is 2.40. The van der Waals surface area contributed by atoms with Gasteiger partial charge in [-0.1, -0.05) is 12.1 Å². The van der Waals surface area contributed by atoms with Crippen LogP contribution in [-0.4, -0.2) is 0 Å². The van der Waals surface area contributed by atoms with Crippen LogP contribution in [0.5, 0.6) is 0 Å². The minimum absolute atomic E-state index is 0.214. The number of anilines is 1. The summed E-state index contributed by atoms with van der Waals surface area (Å²) < 4.78 is 53.2. The number of rotatable bonds is 4. The molecule has 0 radical (unpaired) electrons. The summed E-state index contributed by atoms with van der Waals surface area (Å²) in [7, 11) is 0. The van der Waals surface area contributed by atoms with Gasteiger partial charge >= 0.3 is 0 Å². The van der Waals surface area contributed by atoms with Gasteiger partial charge in [-0.3, -0.25) is 0 Å². The van der Waals surface area contributed by atoms with Crippen LogP contribution in [0.1, 0.15) is 24.4 Å². The van der Waals surface area contributed by atoms with Crippen molar-refractivity contribution >= 4 is 5.69 Å². The Morgan fingerprint density at radius 2 is 1.57 bits per heavy atom. The van der Waals surface area contributed by atoms with E-state index in [2.05, 4.69) is 5.32 Å². The molecule has 1 fully saturated rings. The number of halogens is 4. The summed E-state index contributed by atoms with van der Waals surface area (Å²) in [5, 5.41) is 2.85. The lowest BCUT2D eigenvalue weighted by molar-refractivity contribution is 0.495. The Hall–Kier alpha value is -2.04. The molecular weight excluding hydrogens is 282 g/mol. The van der Waals surface area contributed by atoms with Crippen LogP contribution < -0.4 is 5.32 Å². The largest absolute Gasteiger partial charge is 0.375 e. The van der Waals surface area contributed by atoms with Gasteiger partial charge in [-0.2, -0.15) is 0 Å². The Bertz CT molecular complexity index is 650. The molecule has 0 amide bonds. The van der Waals surface area contributed by atoms with Crippen LogP contribution in [0.25, 0.3) is 0 Å². The van der Waals surface area contributed by atoms with Crippen molar-refractivity contribution in [1.29, 1.82) is 0 Å². The Morgan fingerprint density at radius 1 is 0.905 bits per heavy atom. The van der Waals surface area contributed by atoms with Crippen molar-refractivity contribution in [3.05, 3.63) is 65.2 Å². The molecule has 0 heterocycles. The van der Waals surface area contributed by atoms with Crippen LogP contribution in [0.2, 0.25) is 0 Å². The minimum atomic E-state index is -1.23. The third kappa shape index (κ3) is 3.01. The van der Waals surface area contributed by atoms with Crippen molar-refractivity contribution in [3.63, 3.8) is 0 Å². The average molecular weight is 295 g/mol. The van der Waals surface area contributed by atoms with Crippen LogP contribution in [0.15, 0.2) is 36.4 Å². The van der Waals surface area contributed by atoms with Gasteiger partial charge in [-0.05, 0) is 36.5 Å². The molecule has 1 N–H and O–H groups in total.